The minimum absolute atomic E-state index is 0.194. The second-order valence-electron chi connectivity index (χ2n) is 3.71. The smallest absolute Gasteiger partial charge is 0.264 e. The van der Waals surface area contributed by atoms with Crippen LogP contribution >= 0.6 is 11.3 Å². The van der Waals surface area contributed by atoms with E-state index in [-0.39, 0.29) is 5.56 Å². The van der Waals surface area contributed by atoms with Crippen LogP contribution in [-0.2, 0) is 6.54 Å². The molecule has 0 aliphatic heterocycles. The highest BCUT2D eigenvalue weighted by molar-refractivity contribution is 7.15. The maximum absolute atomic E-state index is 10.9. The van der Waals surface area contributed by atoms with Gasteiger partial charge in [0.25, 0.3) is 5.56 Å². The van der Waals surface area contributed by atoms with Gasteiger partial charge in [0.1, 0.15) is 18.3 Å². The molecule has 0 saturated carbocycles. The lowest BCUT2D eigenvalue weighted by atomic mass is 10.3. The van der Waals surface area contributed by atoms with Crippen molar-refractivity contribution in [2.45, 2.75) is 6.54 Å². The van der Waals surface area contributed by atoms with Gasteiger partial charge in [0, 0.05) is 10.9 Å². The van der Waals surface area contributed by atoms with Crippen LogP contribution in [0.25, 0.3) is 10.6 Å². The van der Waals surface area contributed by atoms with Gasteiger partial charge in [-0.15, -0.1) is 21.5 Å². The van der Waals surface area contributed by atoms with Gasteiger partial charge in [-0.05, 0) is 18.2 Å². The number of thiophene rings is 1. The molecule has 90 valence electrons. The van der Waals surface area contributed by atoms with Crippen molar-refractivity contribution in [1.29, 1.82) is 0 Å². The molecule has 3 aromatic heterocycles. The third kappa shape index (κ3) is 2.21. The fraction of sp³-hybridized carbons (Fsp3) is 0.0909. The van der Waals surface area contributed by atoms with E-state index in [1.807, 2.05) is 16.7 Å². The molecule has 0 atom stereocenters. The summed E-state index contributed by atoms with van der Waals surface area (Å²) in [6.07, 6.45) is 3.36. The zero-order valence-electron chi connectivity index (χ0n) is 9.28. The molecule has 0 bridgehead atoms. The Hall–Kier alpha value is -2.28. The van der Waals surface area contributed by atoms with Crippen LogP contribution in [0.2, 0.25) is 0 Å². The molecule has 0 aliphatic carbocycles. The molecule has 3 rings (SSSR count). The monoisotopic (exact) mass is 259 g/mol. The Morgan fingerprint density at radius 1 is 1.17 bits per heavy atom. The largest absolute Gasteiger partial charge is 0.315 e. The molecule has 1 N–H and O–H groups in total. The van der Waals surface area contributed by atoms with Gasteiger partial charge in [-0.1, -0.05) is 0 Å². The lowest BCUT2D eigenvalue weighted by Gasteiger charge is -1.96. The molecule has 0 saturated heterocycles. The van der Waals surface area contributed by atoms with Crippen LogP contribution in [0.15, 0.2) is 41.7 Å². The third-order valence-electron chi connectivity index (χ3n) is 2.40. The van der Waals surface area contributed by atoms with Gasteiger partial charge in [-0.2, -0.15) is 5.10 Å². The van der Waals surface area contributed by atoms with Crippen LogP contribution in [0.5, 0.6) is 0 Å². The third-order valence-corrected chi connectivity index (χ3v) is 3.49. The molecule has 3 aromatic rings. The topological polar surface area (TPSA) is 76.5 Å². The van der Waals surface area contributed by atoms with E-state index in [1.165, 1.54) is 10.9 Å². The fourth-order valence-electron chi connectivity index (χ4n) is 1.57. The van der Waals surface area contributed by atoms with Crippen LogP contribution in [0, 0.1) is 0 Å². The first-order valence-electron chi connectivity index (χ1n) is 5.28. The Labute approximate surface area is 106 Å². The van der Waals surface area contributed by atoms with Gasteiger partial charge in [-0.25, -0.2) is 5.10 Å². The van der Waals surface area contributed by atoms with E-state index in [0.29, 0.717) is 0 Å². The normalized spacial score (nSPS) is 10.7. The summed E-state index contributed by atoms with van der Waals surface area (Å²) < 4.78 is 1.90. The lowest BCUT2D eigenvalue weighted by Crippen LogP contribution is -2.05. The van der Waals surface area contributed by atoms with Gasteiger partial charge in [0.05, 0.1) is 11.4 Å². The highest BCUT2D eigenvalue weighted by Crippen LogP contribution is 2.26. The summed E-state index contributed by atoms with van der Waals surface area (Å²) >= 11 is 1.63. The van der Waals surface area contributed by atoms with Crippen molar-refractivity contribution in [2.75, 3.05) is 0 Å². The predicted octanol–water partition coefficient (Wildman–Crippen LogP) is 1.14. The number of hydrogen-bond donors (Lipinski definition) is 1. The first-order chi connectivity index (χ1) is 8.81. The van der Waals surface area contributed by atoms with E-state index in [2.05, 4.69) is 20.4 Å². The van der Waals surface area contributed by atoms with E-state index in [0.717, 1.165) is 17.1 Å². The van der Waals surface area contributed by atoms with Crippen molar-refractivity contribution in [3.05, 3.63) is 52.2 Å². The molecule has 18 heavy (non-hydrogen) atoms. The quantitative estimate of drug-likeness (QED) is 0.765. The molecule has 0 amide bonds. The summed E-state index contributed by atoms with van der Waals surface area (Å²) in [5.74, 6) is 0. The van der Waals surface area contributed by atoms with Crippen LogP contribution < -0.4 is 5.56 Å². The molecule has 0 aliphatic rings. The highest BCUT2D eigenvalue weighted by atomic mass is 32.1. The first kappa shape index (κ1) is 10.8. The van der Waals surface area contributed by atoms with Crippen molar-refractivity contribution in [1.82, 2.24) is 25.0 Å². The molecule has 0 spiro atoms. The number of H-pyrrole nitrogens is 1. The summed E-state index contributed by atoms with van der Waals surface area (Å²) in [6.45, 7) is 0.737. The Morgan fingerprint density at radius 3 is 2.72 bits per heavy atom. The first-order valence-corrected chi connectivity index (χ1v) is 6.10. The standard InChI is InChI=1S/C11H9N5OS/c17-11-4-2-9(14-15-11)10-3-1-8(18-10)5-16-6-12-13-7-16/h1-4,6-7H,5H2,(H,15,17). The zero-order chi connectivity index (χ0) is 12.4. The van der Waals surface area contributed by atoms with Crippen molar-refractivity contribution in [3.8, 4) is 10.6 Å². The summed E-state index contributed by atoms with van der Waals surface area (Å²) in [5, 5.41) is 13.9. The van der Waals surface area contributed by atoms with Crippen molar-refractivity contribution in [3.63, 3.8) is 0 Å². The second kappa shape index (κ2) is 4.53. The fourth-order valence-corrected chi connectivity index (χ4v) is 2.55. The molecule has 0 radical (unpaired) electrons. The summed E-state index contributed by atoms with van der Waals surface area (Å²) in [7, 11) is 0. The SMILES string of the molecule is O=c1ccc(-c2ccc(Cn3cnnc3)s2)n[nH]1. The summed E-state index contributed by atoms with van der Waals surface area (Å²) in [4.78, 5) is 13.1. The van der Waals surface area contributed by atoms with E-state index in [1.54, 1.807) is 30.1 Å². The summed E-state index contributed by atoms with van der Waals surface area (Å²) in [6, 6.07) is 7.21. The number of aromatic nitrogens is 5. The minimum atomic E-state index is -0.194. The van der Waals surface area contributed by atoms with E-state index in [9.17, 15) is 4.79 Å². The lowest BCUT2D eigenvalue weighted by molar-refractivity contribution is 0.807. The maximum atomic E-state index is 10.9. The van der Waals surface area contributed by atoms with Crippen molar-refractivity contribution >= 4 is 11.3 Å². The van der Waals surface area contributed by atoms with Crippen molar-refractivity contribution < 1.29 is 0 Å². The van der Waals surface area contributed by atoms with Gasteiger partial charge in [0.2, 0.25) is 0 Å². The Kier molecular flexibility index (Phi) is 2.73. The molecule has 7 heteroatoms. The maximum Gasteiger partial charge on any atom is 0.264 e. The van der Waals surface area contributed by atoms with E-state index >= 15 is 0 Å². The number of rotatable bonds is 3. The Balaban J connectivity index is 1.85. The van der Waals surface area contributed by atoms with Crippen LogP contribution in [0.3, 0.4) is 0 Å². The van der Waals surface area contributed by atoms with E-state index < -0.39 is 0 Å². The minimum Gasteiger partial charge on any atom is -0.315 e. The van der Waals surface area contributed by atoms with Gasteiger partial charge >= 0.3 is 0 Å². The molecular formula is C11H9N5OS. The van der Waals surface area contributed by atoms with Crippen LogP contribution in [0.1, 0.15) is 4.88 Å². The molecule has 0 fully saturated rings. The zero-order valence-corrected chi connectivity index (χ0v) is 10.1. The number of hydrogen-bond acceptors (Lipinski definition) is 5. The van der Waals surface area contributed by atoms with Crippen LogP contribution in [0.4, 0.5) is 0 Å². The second-order valence-corrected chi connectivity index (χ2v) is 4.87. The average molecular weight is 259 g/mol. The van der Waals surface area contributed by atoms with Gasteiger partial charge in [-0.3, -0.25) is 4.79 Å². The average Bonchev–Trinajstić information content (AvgIpc) is 3.02. The summed E-state index contributed by atoms with van der Waals surface area (Å²) in [5.41, 5.74) is 0.578. The van der Waals surface area contributed by atoms with Crippen molar-refractivity contribution in [2.24, 2.45) is 0 Å². The molecule has 0 unspecified atom stereocenters. The Morgan fingerprint density at radius 2 is 2.00 bits per heavy atom. The van der Waals surface area contributed by atoms with E-state index in [4.69, 9.17) is 0 Å². The number of nitrogens with one attached hydrogen (secondary N) is 1. The predicted molar refractivity (Wildman–Crippen MR) is 67.3 cm³/mol. The number of aromatic amines is 1. The molecular weight excluding hydrogens is 250 g/mol. The highest BCUT2D eigenvalue weighted by Gasteiger charge is 2.05. The van der Waals surface area contributed by atoms with Gasteiger partial charge < -0.3 is 4.57 Å². The number of nitrogens with zero attached hydrogens (tertiary/aromatic N) is 4. The van der Waals surface area contributed by atoms with Gasteiger partial charge in [0.15, 0.2) is 0 Å². The van der Waals surface area contributed by atoms with Crippen LogP contribution in [-0.4, -0.2) is 25.0 Å². The Bertz CT molecular complexity index is 680. The molecule has 0 aromatic carbocycles. The molecule has 3 heterocycles. The molecule has 6 nitrogen and oxygen atoms in total.